The van der Waals surface area contributed by atoms with Crippen LogP contribution >= 0.6 is 11.6 Å². The van der Waals surface area contributed by atoms with E-state index in [4.69, 9.17) is 17.3 Å². The number of rotatable bonds is 3. The lowest BCUT2D eigenvalue weighted by molar-refractivity contribution is 0.593. The van der Waals surface area contributed by atoms with Crippen molar-refractivity contribution in [2.45, 2.75) is 20.3 Å². The molecular weight excluding hydrogens is 222 g/mol. The highest BCUT2D eigenvalue weighted by atomic mass is 35.5. The molecule has 2 aromatic heterocycles. The van der Waals surface area contributed by atoms with E-state index in [9.17, 15) is 0 Å². The molecule has 0 spiro atoms. The van der Waals surface area contributed by atoms with Crippen LogP contribution in [0.15, 0.2) is 18.3 Å². The number of nitrogens with zero attached hydrogens (tertiary/aromatic N) is 2. The number of aromatic nitrogens is 2. The van der Waals surface area contributed by atoms with Crippen molar-refractivity contribution in [2.75, 3.05) is 6.54 Å². The van der Waals surface area contributed by atoms with Gasteiger partial charge in [-0.3, -0.25) is 0 Å². The topological polar surface area (TPSA) is 43.3 Å². The number of aryl methyl sites for hydroxylation is 1. The van der Waals surface area contributed by atoms with Gasteiger partial charge in [0.2, 0.25) is 0 Å². The van der Waals surface area contributed by atoms with Crippen molar-refractivity contribution in [1.82, 2.24) is 9.38 Å². The lowest BCUT2D eigenvalue weighted by Gasteiger charge is -2.08. The van der Waals surface area contributed by atoms with Crippen LogP contribution in [0.2, 0.25) is 5.15 Å². The molecule has 4 heteroatoms. The zero-order valence-electron chi connectivity index (χ0n) is 9.57. The molecule has 2 aromatic rings. The zero-order valence-corrected chi connectivity index (χ0v) is 10.3. The Balaban J connectivity index is 2.40. The second-order valence-electron chi connectivity index (χ2n) is 4.29. The number of hydrogen-bond donors (Lipinski definition) is 1. The van der Waals surface area contributed by atoms with Crippen LogP contribution in [0.1, 0.15) is 18.3 Å². The van der Waals surface area contributed by atoms with Crippen molar-refractivity contribution in [3.05, 3.63) is 34.9 Å². The van der Waals surface area contributed by atoms with Gasteiger partial charge in [-0.25, -0.2) is 4.98 Å². The Bertz CT molecular complexity index is 504. The maximum absolute atomic E-state index is 6.06. The molecule has 1 atom stereocenters. The predicted molar refractivity (Wildman–Crippen MR) is 66.9 cm³/mol. The number of halogens is 1. The highest BCUT2D eigenvalue weighted by Crippen LogP contribution is 2.20. The highest BCUT2D eigenvalue weighted by Gasteiger charge is 2.08. The fourth-order valence-corrected chi connectivity index (χ4v) is 2.12. The summed E-state index contributed by atoms with van der Waals surface area (Å²) in [6.45, 7) is 4.80. The van der Waals surface area contributed by atoms with E-state index in [2.05, 4.69) is 24.0 Å². The third-order valence-electron chi connectivity index (χ3n) is 2.83. The first-order valence-electron chi connectivity index (χ1n) is 5.45. The van der Waals surface area contributed by atoms with E-state index in [0.29, 0.717) is 17.6 Å². The number of nitrogens with two attached hydrogens (primary N) is 1. The molecule has 2 rings (SSSR count). The summed E-state index contributed by atoms with van der Waals surface area (Å²) in [5, 5.41) is 0.569. The average molecular weight is 238 g/mol. The minimum Gasteiger partial charge on any atom is -0.330 e. The van der Waals surface area contributed by atoms with Gasteiger partial charge in [0, 0.05) is 6.20 Å². The number of pyridine rings is 1. The molecule has 3 nitrogen and oxygen atoms in total. The molecule has 0 amide bonds. The van der Waals surface area contributed by atoms with Crippen molar-refractivity contribution in [3.8, 4) is 0 Å². The number of hydrogen-bond acceptors (Lipinski definition) is 2. The van der Waals surface area contributed by atoms with E-state index in [0.717, 1.165) is 17.8 Å². The standard InChI is InChI=1S/C12H16ClN3/c1-8(7-14)5-10-3-4-16-9(2)15-12(13)11(16)6-10/h3-4,6,8H,5,7,14H2,1-2H3. The molecule has 0 saturated carbocycles. The molecule has 0 radical (unpaired) electrons. The molecule has 1 unspecified atom stereocenters. The van der Waals surface area contributed by atoms with Crippen LogP contribution in [0.5, 0.6) is 0 Å². The van der Waals surface area contributed by atoms with Crippen molar-refractivity contribution in [1.29, 1.82) is 0 Å². The van der Waals surface area contributed by atoms with Crippen LogP contribution in [0, 0.1) is 12.8 Å². The van der Waals surface area contributed by atoms with Crippen LogP contribution < -0.4 is 5.73 Å². The van der Waals surface area contributed by atoms with Crippen molar-refractivity contribution >= 4 is 17.1 Å². The molecule has 0 aliphatic rings. The molecule has 0 fully saturated rings. The average Bonchev–Trinajstić information content (AvgIpc) is 2.54. The monoisotopic (exact) mass is 237 g/mol. The van der Waals surface area contributed by atoms with Crippen LogP contribution in [0.3, 0.4) is 0 Å². The van der Waals surface area contributed by atoms with Crippen LogP contribution in [-0.4, -0.2) is 15.9 Å². The Morgan fingerprint density at radius 2 is 2.31 bits per heavy atom. The molecule has 0 saturated heterocycles. The second kappa shape index (κ2) is 4.44. The Labute approximate surface area is 100 Å². The van der Waals surface area contributed by atoms with E-state index >= 15 is 0 Å². The van der Waals surface area contributed by atoms with E-state index in [1.165, 1.54) is 5.56 Å². The second-order valence-corrected chi connectivity index (χ2v) is 4.64. The minimum atomic E-state index is 0.491. The fourth-order valence-electron chi connectivity index (χ4n) is 1.85. The van der Waals surface area contributed by atoms with Crippen molar-refractivity contribution < 1.29 is 0 Å². The summed E-state index contributed by atoms with van der Waals surface area (Å²) < 4.78 is 2.00. The third kappa shape index (κ3) is 2.06. The van der Waals surface area contributed by atoms with Gasteiger partial charge in [0.1, 0.15) is 5.82 Å². The van der Waals surface area contributed by atoms with E-state index < -0.39 is 0 Å². The number of fused-ring (bicyclic) bond motifs is 1. The normalized spacial score (nSPS) is 13.2. The number of imidazole rings is 1. The maximum Gasteiger partial charge on any atom is 0.155 e. The van der Waals surface area contributed by atoms with Crippen molar-refractivity contribution in [2.24, 2.45) is 11.7 Å². The summed E-state index contributed by atoms with van der Waals surface area (Å²) in [5.41, 5.74) is 7.85. The Morgan fingerprint density at radius 1 is 1.56 bits per heavy atom. The molecular formula is C12H16ClN3. The van der Waals surface area contributed by atoms with Crippen LogP contribution in [0.25, 0.3) is 5.52 Å². The zero-order chi connectivity index (χ0) is 11.7. The largest absolute Gasteiger partial charge is 0.330 e. The van der Waals surface area contributed by atoms with Gasteiger partial charge in [0.25, 0.3) is 0 Å². The van der Waals surface area contributed by atoms with E-state index in [-0.39, 0.29) is 0 Å². The molecule has 0 aliphatic carbocycles. The molecule has 16 heavy (non-hydrogen) atoms. The van der Waals surface area contributed by atoms with Gasteiger partial charge >= 0.3 is 0 Å². The van der Waals surface area contributed by atoms with Gasteiger partial charge in [-0.2, -0.15) is 0 Å². The van der Waals surface area contributed by atoms with Gasteiger partial charge in [0.05, 0.1) is 5.52 Å². The highest BCUT2D eigenvalue weighted by molar-refractivity contribution is 6.32. The smallest absolute Gasteiger partial charge is 0.155 e. The Morgan fingerprint density at radius 3 is 3.00 bits per heavy atom. The summed E-state index contributed by atoms with van der Waals surface area (Å²) in [5.74, 6) is 1.41. The molecule has 0 aliphatic heterocycles. The predicted octanol–water partition coefficient (Wildman–Crippen LogP) is 2.43. The first kappa shape index (κ1) is 11.4. The SMILES string of the molecule is Cc1nc(Cl)c2cc(CC(C)CN)ccn12. The van der Waals surface area contributed by atoms with Gasteiger partial charge in [0.15, 0.2) is 5.15 Å². The fraction of sp³-hybridized carbons (Fsp3) is 0.417. The van der Waals surface area contributed by atoms with Gasteiger partial charge in [-0.1, -0.05) is 18.5 Å². The lowest BCUT2D eigenvalue weighted by Crippen LogP contribution is -2.13. The van der Waals surface area contributed by atoms with E-state index in [1.807, 2.05) is 17.5 Å². The maximum atomic E-state index is 6.06. The third-order valence-corrected chi connectivity index (χ3v) is 3.10. The summed E-state index contributed by atoms with van der Waals surface area (Å²) >= 11 is 6.06. The Hall–Kier alpha value is -1.06. The van der Waals surface area contributed by atoms with E-state index in [1.54, 1.807) is 0 Å². The summed E-state index contributed by atoms with van der Waals surface area (Å²) in [6.07, 6.45) is 3.00. The van der Waals surface area contributed by atoms with Gasteiger partial charge in [-0.15, -0.1) is 0 Å². The van der Waals surface area contributed by atoms with Crippen LogP contribution in [0.4, 0.5) is 0 Å². The lowest BCUT2D eigenvalue weighted by atomic mass is 10.0. The molecule has 2 N–H and O–H groups in total. The van der Waals surface area contributed by atoms with Gasteiger partial charge in [-0.05, 0) is 43.5 Å². The minimum absolute atomic E-state index is 0.491. The first-order valence-corrected chi connectivity index (χ1v) is 5.82. The summed E-state index contributed by atoms with van der Waals surface area (Å²) in [4.78, 5) is 4.23. The molecule has 86 valence electrons. The van der Waals surface area contributed by atoms with Crippen molar-refractivity contribution in [3.63, 3.8) is 0 Å². The quantitative estimate of drug-likeness (QED) is 0.891. The molecule has 0 bridgehead atoms. The summed E-state index contributed by atoms with van der Waals surface area (Å²) in [7, 11) is 0. The molecule has 0 aromatic carbocycles. The van der Waals surface area contributed by atoms with Crippen LogP contribution in [-0.2, 0) is 6.42 Å². The molecule has 2 heterocycles. The van der Waals surface area contributed by atoms with Gasteiger partial charge < -0.3 is 10.1 Å². The Kier molecular flexibility index (Phi) is 3.17. The first-order chi connectivity index (χ1) is 7.61. The summed E-state index contributed by atoms with van der Waals surface area (Å²) in [6, 6.07) is 4.19.